The van der Waals surface area contributed by atoms with Crippen LogP contribution in [0.25, 0.3) is 0 Å². The molecular weight excluding hydrogens is 182 g/mol. The number of carboxylic acid groups (broad SMARTS) is 1. The van der Waals surface area contributed by atoms with Gasteiger partial charge in [-0.15, -0.1) is 5.10 Å². The number of unbranched alkanes of at least 4 members (excludes halogenated alkanes) is 1. The van der Waals surface area contributed by atoms with Gasteiger partial charge < -0.3 is 5.11 Å². The molecule has 1 aromatic heterocycles. The van der Waals surface area contributed by atoms with Crippen LogP contribution in [0.3, 0.4) is 0 Å². The molecule has 78 valence electrons. The summed E-state index contributed by atoms with van der Waals surface area (Å²) in [5, 5.41) is 16.3. The Hall–Kier alpha value is -1.39. The topological polar surface area (TPSA) is 68.0 Å². The summed E-state index contributed by atoms with van der Waals surface area (Å²) >= 11 is 0. The smallest absolute Gasteiger partial charge is 0.303 e. The molecule has 14 heavy (non-hydrogen) atoms. The van der Waals surface area contributed by atoms with Gasteiger partial charge in [-0.3, -0.25) is 9.48 Å². The molecule has 0 saturated heterocycles. The van der Waals surface area contributed by atoms with Crippen LogP contribution in [0.1, 0.15) is 31.9 Å². The third-order valence-corrected chi connectivity index (χ3v) is 1.98. The normalized spacial score (nSPS) is 10.4. The summed E-state index contributed by atoms with van der Waals surface area (Å²) < 4.78 is 1.77. The molecule has 0 aliphatic carbocycles. The van der Waals surface area contributed by atoms with Gasteiger partial charge in [0.05, 0.1) is 5.69 Å². The number of carbonyl (C=O) groups is 1. The third-order valence-electron chi connectivity index (χ3n) is 1.98. The molecule has 0 saturated carbocycles. The van der Waals surface area contributed by atoms with Gasteiger partial charge in [0.15, 0.2) is 0 Å². The van der Waals surface area contributed by atoms with Crippen LogP contribution < -0.4 is 0 Å². The number of aryl methyl sites for hydroxylation is 2. The van der Waals surface area contributed by atoms with E-state index in [9.17, 15) is 4.79 Å². The molecule has 0 aliphatic rings. The van der Waals surface area contributed by atoms with E-state index in [1.165, 1.54) is 0 Å². The van der Waals surface area contributed by atoms with Crippen molar-refractivity contribution in [3.63, 3.8) is 0 Å². The van der Waals surface area contributed by atoms with Crippen molar-refractivity contribution in [2.45, 2.75) is 39.2 Å². The number of hydrogen-bond acceptors (Lipinski definition) is 3. The first-order valence-electron chi connectivity index (χ1n) is 4.83. The molecule has 0 aliphatic heterocycles. The number of aliphatic carboxylic acids is 1. The van der Waals surface area contributed by atoms with Gasteiger partial charge in [0, 0.05) is 19.2 Å². The predicted molar refractivity (Wildman–Crippen MR) is 50.9 cm³/mol. The Kier molecular flexibility index (Phi) is 4.10. The van der Waals surface area contributed by atoms with E-state index < -0.39 is 5.97 Å². The summed E-state index contributed by atoms with van der Waals surface area (Å²) in [6.45, 7) is 2.82. The molecule has 0 radical (unpaired) electrons. The summed E-state index contributed by atoms with van der Waals surface area (Å²) in [7, 11) is 0. The monoisotopic (exact) mass is 197 g/mol. The average Bonchev–Trinajstić information content (AvgIpc) is 2.60. The first kappa shape index (κ1) is 10.7. The number of hydrogen-bond donors (Lipinski definition) is 1. The third kappa shape index (κ3) is 3.55. The minimum atomic E-state index is -0.734. The fourth-order valence-electron chi connectivity index (χ4n) is 1.19. The van der Waals surface area contributed by atoms with Crippen LogP contribution in [0.4, 0.5) is 0 Å². The van der Waals surface area contributed by atoms with Crippen LogP contribution >= 0.6 is 0 Å². The van der Waals surface area contributed by atoms with E-state index in [-0.39, 0.29) is 6.42 Å². The van der Waals surface area contributed by atoms with Crippen molar-refractivity contribution in [2.75, 3.05) is 0 Å². The molecular formula is C9H15N3O2. The van der Waals surface area contributed by atoms with Gasteiger partial charge in [-0.05, 0) is 26.2 Å². The molecule has 1 aromatic rings. The zero-order valence-electron chi connectivity index (χ0n) is 8.31. The highest BCUT2D eigenvalue weighted by Crippen LogP contribution is 2.03. The van der Waals surface area contributed by atoms with Gasteiger partial charge in [-0.1, -0.05) is 5.21 Å². The van der Waals surface area contributed by atoms with Crippen LogP contribution in [0, 0.1) is 0 Å². The zero-order chi connectivity index (χ0) is 10.4. The summed E-state index contributed by atoms with van der Waals surface area (Å²) in [5.74, 6) is -0.734. The van der Waals surface area contributed by atoms with E-state index in [4.69, 9.17) is 5.11 Å². The van der Waals surface area contributed by atoms with E-state index in [0.29, 0.717) is 6.42 Å². The SMILES string of the molecule is CCn1cc(CCCCC(=O)O)nn1. The van der Waals surface area contributed by atoms with Crippen molar-refractivity contribution in [3.8, 4) is 0 Å². The average molecular weight is 197 g/mol. The second kappa shape index (κ2) is 5.36. The van der Waals surface area contributed by atoms with Gasteiger partial charge in [-0.2, -0.15) is 0 Å². The summed E-state index contributed by atoms with van der Waals surface area (Å²) in [6, 6.07) is 0. The number of rotatable bonds is 6. The molecule has 0 unspecified atom stereocenters. The van der Waals surface area contributed by atoms with Crippen LogP contribution in [0.15, 0.2) is 6.20 Å². The Morgan fingerprint density at radius 2 is 2.36 bits per heavy atom. The molecule has 0 aromatic carbocycles. The van der Waals surface area contributed by atoms with Crippen LogP contribution in [-0.4, -0.2) is 26.1 Å². The van der Waals surface area contributed by atoms with Crippen molar-refractivity contribution in [1.29, 1.82) is 0 Å². The van der Waals surface area contributed by atoms with E-state index >= 15 is 0 Å². The predicted octanol–water partition coefficient (Wildman–Crippen LogP) is 1.10. The fourth-order valence-corrected chi connectivity index (χ4v) is 1.19. The van der Waals surface area contributed by atoms with E-state index in [2.05, 4.69) is 10.3 Å². The van der Waals surface area contributed by atoms with Gasteiger partial charge >= 0.3 is 5.97 Å². The molecule has 1 N–H and O–H groups in total. The molecule has 5 heteroatoms. The molecule has 0 spiro atoms. The van der Waals surface area contributed by atoms with Crippen LogP contribution in [0.5, 0.6) is 0 Å². The Morgan fingerprint density at radius 3 is 2.93 bits per heavy atom. The molecule has 0 fully saturated rings. The van der Waals surface area contributed by atoms with Crippen molar-refractivity contribution in [2.24, 2.45) is 0 Å². The van der Waals surface area contributed by atoms with Crippen molar-refractivity contribution < 1.29 is 9.90 Å². The summed E-state index contributed by atoms with van der Waals surface area (Å²) in [4.78, 5) is 10.2. The highest BCUT2D eigenvalue weighted by Gasteiger charge is 2.00. The van der Waals surface area contributed by atoms with E-state index in [1.54, 1.807) is 4.68 Å². The molecule has 1 rings (SSSR count). The van der Waals surface area contributed by atoms with Crippen LogP contribution in [0.2, 0.25) is 0 Å². The first-order chi connectivity index (χ1) is 6.72. The number of carboxylic acids is 1. The molecule has 0 amide bonds. The fraction of sp³-hybridized carbons (Fsp3) is 0.667. The van der Waals surface area contributed by atoms with Crippen LogP contribution in [-0.2, 0) is 17.8 Å². The van der Waals surface area contributed by atoms with E-state index in [0.717, 1.165) is 25.1 Å². The second-order valence-electron chi connectivity index (χ2n) is 3.17. The van der Waals surface area contributed by atoms with Gasteiger partial charge in [0.25, 0.3) is 0 Å². The Labute approximate surface area is 82.7 Å². The highest BCUT2D eigenvalue weighted by molar-refractivity contribution is 5.66. The van der Waals surface area contributed by atoms with Gasteiger partial charge in [-0.25, -0.2) is 0 Å². The van der Waals surface area contributed by atoms with Crippen molar-refractivity contribution in [3.05, 3.63) is 11.9 Å². The lowest BCUT2D eigenvalue weighted by atomic mass is 10.1. The zero-order valence-corrected chi connectivity index (χ0v) is 8.31. The maximum Gasteiger partial charge on any atom is 0.303 e. The van der Waals surface area contributed by atoms with E-state index in [1.807, 2.05) is 13.1 Å². The lowest BCUT2D eigenvalue weighted by Gasteiger charge is -1.94. The maximum absolute atomic E-state index is 10.2. The van der Waals surface area contributed by atoms with Crippen molar-refractivity contribution >= 4 is 5.97 Å². The van der Waals surface area contributed by atoms with Gasteiger partial charge in [0.1, 0.15) is 0 Å². The Bertz CT molecular complexity index is 296. The number of aromatic nitrogens is 3. The first-order valence-corrected chi connectivity index (χ1v) is 4.83. The standard InChI is InChI=1S/C9H15N3O2/c1-2-12-7-8(10-11-12)5-3-4-6-9(13)14/h7H,2-6H2,1H3,(H,13,14). The summed E-state index contributed by atoms with van der Waals surface area (Å²) in [5.41, 5.74) is 0.942. The highest BCUT2D eigenvalue weighted by atomic mass is 16.4. The second-order valence-corrected chi connectivity index (χ2v) is 3.17. The summed E-state index contributed by atoms with van der Waals surface area (Å²) in [6.07, 6.45) is 4.51. The number of nitrogens with zero attached hydrogens (tertiary/aromatic N) is 3. The minimum Gasteiger partial charge on any atom is -0.481 e. The Morgan fingerprint density at radius 1 is 1.57 bits per heavy atom. The van der Waals surface area contributed by atoms with Gasteiger partial charge in [0.2, 0.25) is 0 Å². The van der Waals surface area contributed by atoms with Crippen molar-refractivity contribution in [1.82, 2.24) is 15.0 Å². The maximum atomic E-state index is 10.2. The minimum absolute atomic E-state index is 0.238. The molecule has 1 heterocycles. The molecule has 0 atom stereocenters. The Balaban J connectivity index is 2.21. The largest absolute Gasteiger partial charge is 0.481 e. The lowest BCUT2D eigenvalue weighted by molar-refractivity contribution is -0.137. The molecule has 0 bridgehead atoms. The quantitative estimate of drug-likeness (QED) is 0.693. The lowest BCUT2D eigenvalue weighted by Crippen LogP contribution is -1.95. The molecule has 5 nitrogen and oxygen atoms in total.